The molecule has 1 aromatic carbocycles. The molecule has 1 amide bonds. The number of carbonyl (C=O) groups excluding carboxylic acids is 1. The molecule has 0 aliphatic heterocycles. The van der Waals surface area contributed by atoms with Gasteiger partial charge >= 0.3 is 0 Å². The quantitative estimate of drug-likeness (QED) is 0.521. The minimum atomic E-state index is -3.21. The van der Waals surface area contributed by atoms with E-state index in [-0.39, 0.29) is 5.91 Å². The molecule has 33 heavy (non-hydrogen) atoms. The van der Waals surface area contributed by atoms with Crippen molar-refractivity contribution in [3.63, 3.8) is 0 Å². The number of anilines is 1. The molecule has 1 unspecified atom stereocenters. The highest BCUT2D eigenvalue weighted by Gasteiger charge is 2.27. The molecule has 0 saturated heterocycles. The molecule has 0 radical (unpaired) electrons. The average molecular weight is 469 g/mol. The van der Waals surface area contributed by atoms with Crippen molar-refractivity contribution in [3.8, 4) is 0 Å². The van der Waals surface area contributed by atoms with Gasteiger partial charge in [0.25, 0.3) is 0 Å². The maximum absolute atomic E-state index is 12.1. The molecular formula is C25H32N4O3S. The van der Waals surface area contributed by atoms with Crippen LogP contribution in [0.2, 0.25) is 0 Å². The number of aromatic amines is 1. The molecule has 8 heteroatoms. The van der Waals surface area contributed by atoms with Crippen molar-refractivity contribution in [2.75, 3.05) is 32.2 Å². The van der Waals surface area contributed by atoms with Gasteiger partial charge in [-0.2, -0.15) is 0 Å². The van der Waals surface area contributed by atoms with Gasteiger partial charge < -0.3 is 15.2 Å². The fraction of sp³-hybridized carbons (Fsp3) is 0.440. The summed E-state index contributed by atoms with van der Waals surface area (Å²) in [5.41, 5.74) is 3.76. The lowest BCUT2D eigenvalue weighted by Gasteiger charge is -2.24. The number of hydrogen-bond acceptors (Lipinski definition) is 5. The number of pyridine rings is 1. The molecule has 3 aromatic rings. The largest absolute Gasteiger partial charge is 0.343 e. The molecule has 1 atom stereocenters. The lowest BCUT2D eigenvalue weighted by atomic mass is 9.82. The number of fused-ring (bicyclic) bond motifs is 1. The number of nitrogens with one attached hydrogen (secondary N) is 2. The second kappa shape index (κ2) is 9.65. The van der Waals surface area contributed by atoms with Gasteiger partial charge in [0.15, 0.2) is 9.84 Å². The van der Waals surface area contributed by atoms with Crippen LogP contribution in [0.15, 0.2) is 47.5 Å². The van der Waals surface area contributed by atoms with Gasteiger partial charge in [-0.25, -0.2) is 13.4 Å². The van der Waals surface area contributed by atoms with E-state index in [1.807, 2.05) is 37.2 Å². The molecule has 1 aliphatic rings. The number of nitrogens with zero attached hydrogens (tertiary/aromatic N) is 2. The average Bonchev–Trinajstić information content (AvgIpc) is 3.40. The number of rotatable bonds is 8. The summed E-state index contributed by atoms with van der Waals surface area (Å²) in [4.78, 5) is 22.2. The van der Waals surface area contributed by atoms with Gasteiger partial charge in [0.2, 0.25) is 5.91 Å². The number of amides is 1. The first-order chi connectivity index (χ1) is 15.7. The highest BCUT2D eigenvalue weighted by atomic mass is 32.2. The zero-order valence-corrected chi connectivity index (χ0v) is 20.3. The minimum Gasteiger partial charge on any atom is -0.343 e. The van der Waals surface area contributed by atoms with Crippen LogP contribution in [0.25, 0.3) is 11.0 Å². The summed E-state index contributed by atoms with van der Waals surface area (Å²) in [6.45, 7) is 0.317. The zero-order chi connectivity index (χ0) is 23.6. The summed E-state index contributed by atoms with van der Waals surface area (Å²) >= 11 is 0. The Morgan fingerprint density at radius 2 is 1.88 bits per heavy atom. The smallest absolute Gasteiger partial charge is 0.238 e. The van der Waals surface area contributed by atoms with E-state index in [2.05, 4.69) is 21.4 Å². The van der Waals surface area contributed by atoms with E-state index in [1.165, 1.54) is 37.5 Å². The number of likely N-dealkylation sites (N-methyl/N-ethyl adjacent to an activating group) is 1. The number of carbonyl (C=O) groups is 1. The van der Waals surface area contributed by atoms with Gasteiger partial charge in [0.05, 0.1) is 23.3 Å². The van der Waals surface area contributed by atoms with Crippen LogP contribution in [-0.4, -0.2) is 56.1 Å². The van der Waals surface area contributed by atoms with Crippen LogP contribution in [0.3, 0.4) is 0 Å². The standard InChI is InChI=1S/C25H32N4O3S/c1-29(2)16-24(30)27-21-13-19-12-20(28-25(19)26-15-21)14-23(17-6-4-5-7-17)18-8-10-22(11-9-18)33(3,31)32/h8-13,15,17,23H,4-7,14,16H2,1-3H3,(H,26,28)(H,27,30). The van der Waals surface area contributed by atoms with Crippen LogP contribution in [0.5, 0.6) is 0 Å². The summed E-state index contributed by atoms with van der Waals surface area (Å²) in [6, 6.07) is 11.4. The Kier molecular flexibility index (Phi) is 6.86. The zero-order valence-electron chi connectivity index (χ0n) is 19.5. The van der Waals surface area contributed by atoms with Crippen molar-refractivity contribution in [2.24, 2.45) is 5.92 Å². The molecule has 1 fully saturated rings. The van der Waals surface area contributed by atoms with Crippen molar-refractivity contribution >= 4 is 32.5 Å². The van der Waals surface area contributed by atoms with Crippen LogP contribution in [0.1, 0.15) is 42.9 Å². The Balaban J connectivity index is 1.57. The Hall–Kier alpha value is -2.71. The molecule has 2 N–H and O–H groups in total. The van der Waals surface area contributed by atoms with E-state index in [4.69, 9.17) is 0 Å². The number of hydrogen-bond donors (Lipinski definition) is 2. The monoisotopic (exact) mass is 468 g/mol. The van der Waals surface area contributed by atoms with Crippen molar-refractivity contribution in [1.29, 1.82) is 0 Å². The third-order valence-electron chi connectivity index (χ3n) is 6.41. The molecule has 4 rings (SSSR count). The van der Waals surface area contributed by atoms with Gasteiger partial charge in [-0.15, -0.1) is 0 Å². The first kappa shape index (κ1) is 23.4. The maximum atomic E-state index is 12.1. The summed E-state index contributed by atoms with van der Waals surface area (Å²) < 4.78 is 23.7. The van der Waals surface area contributed by atoms with Crippen molar-refractivity contribution in [3.05, 3.63) is 53.9 Å². The van der Waals surface area contributed by atoms with Crippen molar-refractivity contribution in [1.82, 2.24) is 14.9 Å². The molecule has 0 bridgehead atoms. The molecule has 176 valence electrons. The molecule has 1 saturated carbocycles. The van der Waals surface area contributed by atoms with Crippen LogP contribution < -0.4 is 5.32 Å². The molecule has 2 aromatic heterocycles. The lowest BCUT2D eigenvalue weighted by Crippen LogP contribution is -2.27. The molecule has 1 aliphatic carbocycles. The lowest BCUT2D eigenvalue weighted by molar-refractivity contribution is -0.116. The maximum Gasteiger partial charge on any atom is 0.238 e. The van der Waals surface area contributed by atoms with Crippen molar-refractivity contribution < 1.29 is 13.2 Å². The van der Waals surface area contributed by atoms with Crippen LogP contribution in [0, 0.1) is 5.92 Å². The summed E-state index contributed by atoms with van der Waals surface area (Å²) in [5, 5.41) is 3.86. The topological polar surface area (TPSA) is 95.2 Å². The molecule has 7 nitrogen and oxygen atoms in total. The van der Waals surface area contributed by atoms with E-state index >= 15 is 0 Å². The highest BCUT2D eigenvalue weighted by molar-refractivity contribution is 7.90. The van der Waals surface area contributed by atoms with Crippen LogP contribution in [-0.2, 0) is 21.1 Å². The van der Waals surface area contributed by atoms with Gasteiger partial charge in [0, 0.05) is 17.3 Å². The van der Waals surface area contributed by atoms with E-state index in [0.29, 0.717) is 29.0 Å². The summed E-state index contributed by atoms with van der Waals surface area (Å²) in [7, 11) is 0.505. The van der Waals surface area contributed by atoms with E-state index in [1.54, 1.807) is 18.3 Å². The number of sulfone groups is 1. The summed E-state index contributed by atoms with van der Waals surface area (Å²) in [5.74, 6) is 0.818. The Morgan fingerprint density at radius 1 is 1.18 bits per heavy atom. The first-order valence-electron chi connectivity index (χ1n) is 11.4. The second-order valence-electron chi connectivity index (χ2n) is 9.44. The highest BCUT2D eigenvalue weighted by Crippen LogP contribution is 2.39. The van der Waals surface area contributed by atoms with Crippen LogP contribution >= 0.6 is 0 Å². The number of aromatic nitrogens is 2. The third kappa shape index (κ3) is 5.81. The molecule has 2 heterocycles. The Morgan fingerprint density at radius 3 is 2.52 bits per heavy atom. The van der Waals surface area contributed by atoms with E-state index < -0.39 is 9.84 Å². The predicted molar refractivity (Wildman–Crippen MR) is 131 cm³/mol. The fourth-order valence-electron chi connectivity index (χ4n) is 4.85. The van der Waals surface area contributed by atoms with Gasteiger partial charge in [-0.3, -0.25) is 4.79 Å². The van der Waals surface area contributed by atoms with Gasteiger partial charge in [0.1, 0.15) is 5.65 Å². The summed E-state index contributed by atoms with van der Waals surface area (Å²) in [6.07, 6.45) is 8.62. The minimum absolute atomic E-state index is 0.0734. The van der Waals surface area contributed by atoms with Gasteiger partial charge in [-0.1, -0.05) is 25.0 Å². The fourth-order valence-corrected chi connectivity index (χ4v) is 5.48. The Bertz CT molecular complexity index is 1230. The van der Waals surface area contributed by atoms with Crippen molar-refractivity contribution in [2.45, 2.75) is 42.9 Å². The number of benzene rings is 1. The Labute approximate surface area is 195 Å². The van der Waals surface area contributed by atoms with E-state index in [0.717, 1.165) is 23.1 Å². The second-order valence-corrected chi connectivity index (χ2v) is 11.5. The predicted octanol–water partition coefficient (Wildman–Crippen LogP) is 3.98. The van der Waals surface area contributed by atoms with E-state index in [9.17, 15) is 13.2 Å². The normalized spacial score (nSPS) is 15.9. The first-order valence-corrected chi connectivity index (χ1v) is 13.3. The third-order valence-corrected chi connectivity index (χ3v) is 7.54. The number of H-pyrrole nitrogens is 1. The van der Waals surface area contributed by atoms with Crippen LogP contribution in [0.4, 0.5) is 5.69 Å². The molecule has 0 spiro atoms. The molecular weight excluding hydrogens is 436 g/mol. The SMILES string of the molecule is CN(C)CC(=O)Nc1cnc2[nH]c(CC(c3ccc(S(C)(=O)=O)cc3)C3CCCC3)cc2c1. The van der Waals surface area contributed by atoms with Gasteiger partial charge in [-0.05, 0) is 75.0 Å².